The van der Waals surface area contributed by atoms with Crippen LogP contribution in [-0.4, -0.2) is 6.54 Å². The normalized spacial score (nSPS) is 12.5. The van der Waals surface area contributed by atoms with Gasteiger partial charge in [0.25, 0.3) is 0 Å². The maximum Gasteiger partial charge on any atom is 0.0453 e. The van der Waals surface area contributed by atoms with Crippen LogP contribution in [-0.2, 0) is 6.42 Å². The van der Waals surface area contributed by atoms with Crippen molar-refractivity contribution in [3.63, 3.8) is 0 Å². The fourth-order valence-electron chi connectivity index (χ4n) is 2.19. The molecule has 3 heteroatoms. The number of rotatable bonds is 7. The van der Waals surface area contributed by atoms with E-state index in [9.17, 15) is 0 Å². The lowest BCUT2D eigenvalue weighted by Gasteiger charge is -2.20. The molecule has 1 heterocycles. The smallest absolute Gasteiger partial charge is 0.0453 e. The van der Waals surface area contributed by atoms with Gasteiger partial charge >= 0.3 is 0 Å². The zero-order valence-corrected chi connectivity index (χ0v) is 12.8. The highest BCUT2D eigenvalue weighted by molar-refractivity contribution is 7.09. The second kappa shape index (κ2) is 7.68. The van der Waals surface area contributed by atoms with Gasteiger partial charge in [0.15, 0.2) is 0 Å². The van der Waals surface area contributed by atoms with Crippen LogP contribution in [0.4, 0.5) is 0 Å². The Kier molecular flexibility index (Phi) is 5.90. The topological polar surface area (TPSA) is 12.0 Å². The van der Waals surface area contributed by atoms with Crippen molar-refractivity contribution in [1.82, 2.24) is 5.32 Å². The van der Waals surface area contributed by atoms with Gasteiger partial charge in [0.1, 0.15) is 0 Å². The van der Waals surface area contributed by atoms with Crippen LogP contribution in [0.2, 0.25) is 5.02 Å². The lowest BCUT2D eigenvalue weighted by molar-refractivity contribution is 0.501. The minimum atomic E-state index is 0.343. The SMILES string of the molecule is CCCNC(CCc1cccs1)c1ccccc1Cl. The second-order valence-electron chi connectivity index (χ2n) is 4.65. The third-order valence-corrected chi connectivity index (χ3v) is 4.46. The van der Waals surface area contributed by atoms with Crippen LogP contribution in [0.3, 0.4) is 0 Å². The second-order valence-corrected chi connectivity index (χ2v) is 6.09. The van der Waals surface area contributed by atoms with Gasteiger partial charge in [-0.3, -0.25) is 0 Å². The van der Waals surface area contributed by atoms with Gasteiger partial charge in [0.05, 0.1) is 0 Å². The van der Waals surface area contributed by atoms with E-state index in [-0.39, 0.29) is 0 Å². The molecule has 0 radical (unpaired) electrons. The highest BCUT2D eigenvalue weighted by atomic mass is 35.5. The maximum atomic E-state index is 6.32. The molecule has 102 valence electrons. The quantitative estimate of drug-likeness (QED) is 0.751. The molecule has 0 aliphatic carbocycles. The Balaban J connectivity index is 2.05. The first kappa shape index (κ1) is 14.6. The molecular weight excluding hydrogens is 274 g/mol. The summed E-state index contributed by atoms with van der Waals surface area (Å²) in [5.74, 6) is 0. The molecule has 1 unspecified atom stereocenters. The lowest BCUT2D eigenvalue weighted by atomic mass is 10.0. The third-order valence-electron chi connectivity index (χ3n) is 3.18. The Morgan fingerprint density at radius 2 is 2.05 bits per heavy atom. The third kappa shape index (κ3) is 4.34. The molecule has 0 saturated carbocycles. The maximum absolute atomic E-state index is 6.32. The van der Waals surface area contributed by atoms with Gasteiger partial charge in [-0.25, -0.2) is 0 Å². The predicted molar refractivity (Wildman–Crippen MR) is 85.1 cm³/mol. The van der Waals surface area contributed by atoms with Crippen LogP contribution in [0.15, 0.2) is 41.8 Å². The van der Waals surface area contributed by atoms with Gasteiger partial charge in [0, 0.05) is 15.9 Å². The zero-order valence-electron chi connectivity index (χ0n) is 11.2. The van der Waals surface area contributed by atoms with Crippen molar-refractivity contribution in [2.45, 2.75) is 32.2 Å². The molecule has 1 aromatic heterocycles. The Hall–Kier alpha value is -0.830. The summed E-state index contributed by atoms with van der Waals surface area (Å²) in [5.41, 5.74) is 1.22. The van der Waals surface area contributed by atoms with E-state index < -0.39 is 0 Å². The lowest BCUT2D eigenvalue weighted by Crippen LogP contribution is -2.23. The number of hydrogen-bond donors (Lipinski definition) is 1. The van der Waals surface area contributed by atoms with E-state index in [0.717, 1.165) is 30.8 Å². The molecule has 0 fully saturated rings. The summed E-state index contributed by atoms with van der Waals surface area (Å²) in [6, 6.07) is 12.8. The molecule has 1 aromatic carbocycles. The largest absolute Gasteiger partial charge is 0.310 e. The Labute approximate surface area is 124 Å². The highest BCUT2D eigenvalue weighted by Gasteiger charge is 2.13. The van der Waals surface area contributed by atoms with E-state index in [1.807, 2.05) is 23.5 Å². The van der Waals surface area contributed by atoms with E-state index in [1.54, 1.807) is 0 Å². The molecule has 0 amide bonds. The molecule has 0 bridgehead atoms. The first-order valence-electron chi connectivity index (χ1n) is 6.81. The molecule has 2 rings (SSSR count). The number of nitrogens with one attached hydrogen (secondary N) is 1. The van der Waals surface area contributed by atoms with Crippen molar-refractivity contribution < 1.29 is 0 Å². The van der Waals surface area contributed by atoms with Gasteiger partial charge in [-0.15, -0.1) is 11.3 Å². The molecule has 0 aliphatic heterocycles. The summed E-state index contributed by atoms with van der Waals surface area (Å²) in [5, 5.41) is 6.61. The van der Waals surface area contributed by atoms with Crippen LogP contribution >= 0.6 is 22.9 Å². The Bertz CT molecular complexity index is 481. The fourth-order valence-corrected chi connectivity index (χ4v) is 3.18. The number of thiophene rings is 1. The van der Waals surface area contributed by atoms with E-state index in [4.69, 9.17) is 11.6 Å². The molecular formula is C16H20ClNS. The molecule has 1 N–H and O–H groups in total. The van der Waals surface area contributed by atoms with Crippen molar-refractivity contribution >= 4 is 22.9 Å². The van der Waals surface area contributed by atoms with Crippen molar-refractivity contribution in [2.75, 3.05) is 6.54 Å². The molecule has 0 spiro atoms. The Morgan fingerprint density at radius 1 is 1.21 bits per heavy atom. The van der Waals surface area contributed by atoms with Crippen LogP contribution in [0.25, 0.3) is 0 Å². The monoisotopic (exact) mass is 293 g/mol. The predicted octanol–water partition coefficient (Wildman–Crippen LogP) is 5.08. The molecule has 19 heavy (non-hydrogen) atoms. The minimum absolute atomic E-state index is 0.343. The number of halogens is 1. The minimum Gasteiger partial charge on any atom is -0.310 e. The summed E-state index contributed by atoms with van der Waals surface area (Å²) in [4.78, 5) is 1.44. The summed E-state index contributed by atoms with van der Waals surface area (Å²) < 4.78 is 0. The van der Waals surface area contributed by atoms with Crippen LogP contribution in [0.5, 0.6) is 0 Å². The van der Waals surface area contributed by atoms with Gasteiger partial charge < -0.3 is 5.32 Å². The fraction of sp³-hybridized carbons (Fsp3) is 0.375. The summed E-state index contributed by atoms with van der Waals surface area (Å²) >= 11 is 8.15. The van der Waals surface area contributed by atoms with E-state index in [1.165, 1.54) is 10.4 Å². The average molecular weight is 294 g/mol. The number of benzene rings is 1. The zero-order chi connectivity index (χ0) is 13.5. The number of hydrogen-bond acceptors (Lipinski definition) is 2. The van der Waals surface area contributed by atoms with E-state index in [0.29, 0.717) is 6.04 Å². The van der Waals surface area contributed by atoms with Crippen LogP contribution < -0.4 is 5.32 Å². The van der Waals surface area contributed by atoms with Crippen molar-refractivity contribution in [2.24, 2.45) is 0 Å². The van der Waals surface area contributed by atoms with Crippen molar-refractivity contribution in [3.8, 4) is 0 Å². The van der Waals surface area contributed by atoms with Crippen LogP contribution in [0, 0.1) is 0 Å². The van der Waals surface area contributed by atoms with E-state index in [2.05, 4.69) is 41.9 Å². The molecule has 2 aromatic rings. The number of aryl methyl sites for hydroxylation is 1. The molecule has 0 aliphatic rings. The van der Waals surface area contributed by atoms with Gasteiger partial charge in [-0.1, -0.05) is 42.8 Å². The van der Waals surface area contributed by atoms with Crippen LogP contribution in [0.1, 0.15) is 36.2 Å². The standard InChI is InChI=1S/C16H20ClNS/c1-2-11-18-16(10-9-13-6-5-12-19-13)14-7-3-4-8-15(14)17/h3-8,12,16,18H,2,9-11H2,1H3. The van der Waals surface area contributed by atoms with Gasteiger partial charge in [0.2, 0.25) is 0 Å². The first-order valence-corrected chi connectivity index (χ1v) is 8.07. The summed E-state index contributed by atoms with van der Waals surface area (Å²) in [6.45, 7) is 3.22. The molecule has 1 atom stereocenters. The van der Waals surface area contributed by atoms with Gasteiger partial charge in [-0.05, 0) is 48.9 Å². The summed E-state index contributed by atoms with van der Waals surface area (Å²) in [6.07, 6.45) is 3.33. The average Bonchev–Trinajstić information content (AvgIpc) is 2.93. The van der Waals surface area contributed by atoms with E-state index >= 15 is 0 Å². The van der Waals surface area contributed by atoms with Crippen molar-refractivity contribution in [3.05, 3.63) is 57.2 Å². The van der Waals surface area contributed by atoms with Crippen molar-refractivity contribution in [1.29, 1.82) is 0 Å². The molecule has 0 saturated heterocycles. The first-order chi connectivity index (χ1) is 9.31. The molecule has 1 nitrogen and oxygen atoms in total. The highest BCUT2D eigenvalue weighted by Crippen LogP contribution is 2.27. The van der Waals surface area contributed by atoms with Gasteiger partial charge in [-0.2, -0.15) is 0 Å². The Morgan fingerprint density at radius 3 is 2.74 bits per heavy atom. The summed E-state index contributed by atoms with van der Waals surface area (Å²) in [7, 11) is 0.